The zero-order valence-electron chi connectivity index (χ0n) is 18.3. The van der Waals surface area contributed by atoms with Crippen LogP contribution in [0.25, 0.3) is 6.08 Å². The molecule has 0 spiro atoms. The topological polar surface area (TPSA) is 124 Å². The first-order valence-electron chi connectivity index (χ1n) is 10.4. The third-order valence-corrected chi connectivity index (χ3v) is 5.14. The number of carbonyl (C=O) groups is 2. The van der Waals surface area contributed by atoms with Gasteiger partial charge >= 0.3 is 0 Å². The molecule has 1 aliphatic heterocycles. The molecular weight excluding hydrogens is 472 g/mol. The Balaban J connectivity index is 1.52. The summed E-state index contributed by atoms with van der Waals surface area (Å²) in [7, 11) is 0. The summed E-state index contributed by atoms with van der Waals surface area (Å²) in [6, 6.07) is 16.0. The molecule has 3 aromatic rings. The number of benzene rings is 2. The van der Waals surface area contributed by atoms with Crippen molar-refractivity contribution < 1.29 is 24.0 Å². The van der Waals surface area contributed by atoms with Crippen molar-refractivity contribution in [2.75, 3.05) is 11.5 Å². The van der Waals surface area contributed by atoms with E-state index in [1.807, 2.05) is 6.92 Å². The Labute approximate surface area is 204 Å². The summed E-state index contributed by atoms with van der Waals surface area (Å²) < 4.78 is 11.0. The van der Waals surface area contributed by atoms with Gasteiger partial charge in [-0.1, -0.05) is 12.1 Å². The second-order valence-corrected chi connectivity index (χ2v) is 7.55. The van der Waals surface area contributed by atoms with Gasteiger partial charge in [0.1, 0.15) is 23.3 Å². The van der Waals surface area contributed by atoms with Gasteiger partial charge in [0.05, 0.1) is 17.2 Å². The molecule has 176 valence electrons. The van der Waals surface area contributed by atoms with Crippen molar-refractivity contribution >= 4 is 46.6 Å². The predicted molar refractivity (Wildman–Crippen MR) is 131 cm³/mol. The Kier molecular flexibility index (Phi) is 6.78. The van der Waals surface area contributed by atoms with Crippen molar-refractivity contribution in [3.63, 3.8) is 0 Å². The molecule has 0 bridgehead atoms. The average molecular weight is 490 g/mol. The number of aromatic nitrogens is 1. The largest absolute Gasteiger partial charge is 0.494 e. The number of nitrogens with one attached hydrogen (secondary N) is 1. The van der Waals surface area contributed by atoms with Crippen LogP contribution in [0.4, 0.5) is 11.4 Å². The van der Waals surface area contributed by atoms with E-state index < -0.39 is 16.7 Å². The van der Waals surface area contributed by atoms with Gasteiger partial charge < -0.3 is 9.47 Å². The first-order valence-corrected chi connectivity index (χ1v) is 10.8. The van der Waals surface area contributed by atoms with E-state index in [4.69, 9.17) is 21.7 Å². The van der Waals surface area contributed by atoms with E-state index in [2.05, 4.69) is 10.3 Å². The van der Waals surface area contributed by atoms with E-state index in [9.17, 15) is 19.7 Å². The van der Waals surface area contributed by atoms with Crippen molar-refractivity contribution in [3.05, 3.63) is 88.1 Å². The summed E-state index contributed by atoms with van der Waals surface area (Å²) in [6.07, 6.45) is 2.55. The lowest BCUT2D eigenvalue weighted by molar-refractivity contribution is -0.385. The van der Waals surface area contributed by atoms with Gasteiger partial charge in [-0.25, -0.2) is 4.98 Å². The minimum Gasteiger partial charge on any atom is -0.494 e. The fourth-order valence-electron chi connectivity index (χ4n) is 3.21. The van der Waals surface area contributed by atoms with Gasteiger partial charge in [-0.15, -0.1) is 0 Å². The van der Waals surface area contributed by atoms with E-state index >= 15 is 0 Å². The molecule has 0 saturated carbocycles. The van der Waals surface area contributed by atoms with Crippen molar-refractivity contribution in [3.8, 4) is 17.4 Å². The molecule has 1 aromatic heterocycles. The maximum atomic E-state index is 13.1. The Morgan fingerprint density at radius 1 is 1.06 bits per heavy atom. The van der Waals surface area contributed by atoms with Crippen molar-refractivity contribution in [1.29, 1.82) is 0 Å². The van der Waals surface area contributed by atoms with Crippen molar-refractivity contribution in [1.82, 2.24) is 10.3 Å². The molecule has 1 N–H and O–H groups in total. The molecule has 2 aromatic carbocycles. The normalized spacial score (nSPS) is 14.6. The number of thiocarbonyl (C=S) groups is 1. The number of rotatable bonds is 7. The van der Waals surface area contributed by atoms with E-state index in [0.717, 1.165) is 6.20 Å². The van der Waals surface area contributed by atoms with Gasteiger partial charge in [0.15, 0.2) is 5.11 Å². The molecule has 2 heterocycles. The smallest absolute Gasteiger partial charge is 0.287 e. The summed E-state index contributed by atoms with van der Waals surface area (Å²) in [5.41, 5.74) is 0.840. The molecule has 11 heteroatoms. The number of nitro groups is 1. The van der Waals surface area contributed by atoms with Crippen LogP contribution >= 0.6 is 12.2 Å². The van der Waals surface area contributed by atoms with Crippen LogP contribution in [0.15, 0.2) is 72.4 Å². The zero-order chi connectivity index (χ0) is 24.9. The lowest BCUT2D eigenvalue weighted by atomic mass is 10.1. The molecule has 2 amide bonds. The van der Waals surface area contributed by atoms with Crippen LogP contribution in [0.2, 0.25) is 0 Å². The fourth-order valence-corrected chi connectivity index (χ4v) is 3.49. The number of carbonyl (C=O) groups excluding carboxylic acids is 2. The highest BCUT2D eigenvalue weighted by Gasteiger charge is 2.34. The predicted octanol–water partition coefficient (Wildman–Crippen LogP) is 4.01. The van der Waals surface area contributed by atoms with Crippen LogP contribution in [0.1, 0.15) is 12.5 Å². The third-order valence-electron chi connectivity index (χ3n) is 4.85. The highest BCUT2D eigenvalue weighted by Crippen LogP contribution is 2.26. The van der Waals surface area contributed by atoms with Gasteiger partial charge in [0.25, 0.3) is 17.5 Å². The van der Waals surface area contributed by atoms with Gasteiger partial charge in [0.2, 0.25) is 5.88 Å². The van der Waals surface area contributed by atoms with E-state index in [1.165, 1.54) is 23.1 Å². The lowest BCUT2D eigenvalue weighted by Crippen LogP contribution is -2.54. The first-order chi connectivity index (χ1) is 16.9. The minimum absolute atomic E-state index is 0.0133. The second-order valence-electron chi connectivity index (χ2n) is 7.17. The number of hydrogen-bond donors (Lipinski definition) is 1. The monoisotopic (exact) mass is 490 g/mol. The molecule has 1 saturated heterocycles. The molecule has 35 heavy (non-hydrogen) atoms. The number of pyridine rings is 1. The first kappa shape index (κ1) is 23.5. The van der Waals surface area contributed by atoms with E-state index in [1.54, 1.807) is 48.5 Å². The second kappa shape index (κ2) is 10.1. The van der Waals surface area contributed by atoms with Crippen LogP contribution in [0.3, 0.4) is 0 Å². The Bertz CT molecular complexity index is 1320. The molecular formula is C24H18N4O6S. The maximum Gasteiger partial charge on any atom is 0.287 e. The third kappa shape index (κ3) is 5.31. The molecule has 0 atom stereocenters. The Hall–Kier alpha value is -4.64. The number of amides is 2. The van der Waals surface area contributed by atoms with Crippen molar-refractivity contribution in [2.24, 2.45) is 0 Å². The minimum atomic E-state index is -0.599. The standard InChI is InChI=1S/C24H18N4O6S/c1-2-33-18-10-5-16(6-11-18)27-23(30)20(22(29)26-24(27)35)13-15-3-8-19(9-4-15)34-21-12-7-17(14-25-21)28(31)32/h3-14H,2H2,1H3,(H,26,29,35)/b20-13+. The summed E-state index contributed by atoms with van der Waals surface area (Å²) in [4.78, 5) is 41.0. The van der Waals surface area contributed by atoms with E-state index in [-0.39, 0.29) is 22.3 Å². The van der Waals surface area contributed by atoms with Gasteiger partial charge in [-0.2, -0.15) is 0 Å². The molecule has 0 unspecified atom stereocenters. The summed E-state index contributed by atoms with van der Waals surface area (Å²) in [5, 5.41) is 13.3. The highest BCUT2D eigenvalue weighted by atomic mass is 32.1. The molecule has 4 rings (SSSR count). The lowest BCUT2D eigenvalue weighted by Gasteiger charge is -2.29. The summed E-state index contributed by atoms with van der Waals surface area (Å²) in [6.45, 7) is 2.38. The molecule has 0 radical (unpaired) electrons. The molecule has 1 fully saturated rings. The van der Waals surface area contributed by atoms with Gasteiger partial charge in [-0.3, -0.25) is 29.9 Å². The number of ether oxygens (including phenoxy) is 2. The zero-order valence-corrected chi connectivity index (χ0v) is 19.2. The average Bonchev–Trinajstić information content (AvgIpc) is 2.84. The van der Waals surface area contributed by atoms with Gasteiger partial charge in [-0.05, 0) is 67.2 Å². The van der Waals surface area contributed by atoms with Gasteiger partial charge in [0, 0.05) is 12.1 Å². The van der Waals surface area contributed by atoms with Crippen LogP contribution in [0.5, 0.6) is 17.4 Å². The molecule has 0 aliphatic carbocycles. The summed E-state index contributed by atoms with van der Waals surface area (Å²) >= 11 is 5.22. The molecule has 10 nitrogen and oxygen atoms in total. The summed E-state index contributed by atoms with van der Waals surface area (Å²) in [5.74, 6) is 0.0988. The number of anilines is 1. The van der Waals surface area contributed by atoms with Crippen LogP contribution in [-0.2, 0) is 9.59 Å². The number of hydrogen-bond acceptors (Lipinski definition) is 8. The quantitative estimate of drug-likeness (QED) is 0.173. The van der Waals surface area contributed by atoms with E-state index in [0.29, 0.717) is 29.4 Å². The Morgan fingerprint density at radius 2 is 1.74 bits per heavy atom. The van der Waals surface area contributed by atoms with Crippen LogP contribution < -0.4 is 19.7 Å². The van der Waals surface area contributed by atoms with Crippen molar-refractivity contribution in [2.45, 2.75) is 6.92 Å². The van der Waals surface area contributed by atoms with Crippen LogP contribution in [-0.4, -0.2) is 33.4 Å². The highest BCUT2D eigenvalue weighted by molar-refractivity contribution is 7.80. The van der Waals surface area contributed by atoms with Crippen LogP contribution in [0, 0.1) is 10.1 Å². The number of nitrogens with zero attached hydrogens (tertiary/aromatic N) is 3. The Morgan fingerprint density at radius 3 is 2.34 bits per heavy atom. The maximum absolute atomic E-state index is 13.1. The SMILES string of the molecule is CCOc1ccc(N2C(=O)/C(=C/c3ccc(Oc4ccc([N+](=O)[O-])cn4)cc3)C(=O)NC2=S)cc1. The molecule has 1 aliphatic rings. The fraction of sp³-hybridized carbons (Fsp3) is 0.0833.